The third-order valence-corrected chi connectivity index (χ3v) is 7.94. The zero-order valence-electron chi connectivity index (χ0n) is 18.6. The lowest BCUT2D eigenvalue weighted by Gasteiger charge is -2.35. The second-order valence-electron chi connectivity index (χ2n) is 7.67. The van der Waals surface area contributed by atoms with Crippen LogP contribution in [0.2, 0.25) is 0 Å². The molecule has 0 atom stereocenters. The van der Waals surface area contributed by atoms with Crippen LogP contribution in [0.1, 0.15) is 40.1 Å². The molecule has 9 heteroatoms. The van der Waals surface area contributed by atoms with Gasteiger partial charge in [-0.3, -0.25) is 9.59 Å². The Morgan fingerprint density at radius 2 is 1.50 bits per heavy atom. The maximum atomic E-state index is 13.1. The highest BCUT2D eigenvalue weighted by atomic mass is 32.2. The number of carbonyl (C=O) groups is 2. The summed E-state index contributed by atoms with van der Waals surface area (Å²) in [6.07, 6.45) is 0. The molecule has 1 heterocycles. The summed E-state index contributed by atoms with van der Waals surface area (Å²) in [6.45, 7) is 7.28. The smallest absolute Gasteiger partial charge is 0.257 e. The van der Waals surface area contributed by atoms with E-state index in [2.05, 4.69) is 0 Å². The summed E-state index contributed by atoms with van der Waals surface area (Å²) in [6, 6.07) is 11.1. The van der Waals surface area contributed by atoms with Gasteiger partial charge in [-0.25, -0.2) is 8.42 Å². The molecule has 1 saturated heterocycles. The fraction of sp³-hybridized carbons (Fsp3) is 0.391. The standard InChI is InChI=1S/C23H29N3O5S/c1-4-26(5-2)32(30,31)21-16-18(11-10-17(21)3)22(28)24-12-14-25(15-13-24)23(29)19-8-6-7-9-20(19)27/h6-11,16,27H,4-5,12-15H2,1-3H3. The van der Waals surface area contributed by atoms with Gasteiger partial charge >= 0.3 is 0 Å². The second kappa shape index (κ2) is 9.70. The first kappa shape index (κ1) is 23.7. The van der Waals surface area contributed by atoms with Crippen molar-refractivity contribution < 1.29 is 23.1 Å². The maximum Gasteiger partial charge on any atom is 0.257 e. The summed E-state index contributed by atoms with van der Waals surface area (Å²) in [5.41, 5.74) is 1.13. The van der Waals surface area contributed by atoms with Crippen molar-refractivity contribution in [3.63, 3.8) is 0 Å². The number of benzene rings is 2. The Morgan fingerprint density at radius 1 is 0.938 bits per heavy atom. The lowest BCUT2D eigenvalue weighted by Crippen LogP contribution is -2.50. The molecule has 8 nitrogen and oxygen atoms in total. The van der Waals surface area contributed by atoms with E-state index in [1.165, 1.54) is 16.4 Å². The van der Waals surface area contributed by atoms with Crippen LogP contribution < -0.4 is 0 Å². The third kappa shape index (κ3) is 4.63. The van der Waals surface area contributed by atoms with Crippen LogP contribution in [-0.4, -0.2) is 78.7 Å². The van der Waals surface area contributed by atoms with Gasteiger partial charge in [0.05, 0.1) is 10.5 Å². The number of hydrogen-bond acceptors (Lipinski definition) is 5. The minimum absolute atomic E-state index is 0.0717. The van der Waals surface area contributed by atoms with Crippen molar-refractivity contribution in [3.05, 3.63) is 59.2 Å². The first-order chi connectivity index (χ1) is 15.2. The van der Waals surface area contributed by atoms with Crippen molar-refractivity contribution in [2.75, 3.05) is 39.3 Å². The van der Waals surface area contributed by atoms with E-state index >= 15 is 0 Å². The molecule has 1 aliphatic rings. The van der Waals surface area contributed by atoms with Crippen molar-refractivity contribution in [2.24, 2.45) is 0 Å². The summed E-state index contributed by atoms with van der Waals surface area (Å²) in [4.78, 5) is 29.1. The lowest BCUT2D eigenvalue weighted by atomic mass is 10.1. The Hall–Kier alpha value is -2.91. The van der Waals surface area contributed by atoms with Gasteiger partial charge in [0.1, 0.15) is 5.75 Å². The number of rotatable bonds is 6. The fourth-order valence-electron chi connectivity index (χ4n) is 3.83. The summed E-state index contributed by atoms with van der Waals surface area (Å²) in [7, 11) is -3.69. The molecule has 0 aromatic heterocycles. The minimum Gasteiger partial charge on any atom is -0.507 e. The summed E-state index contributed by atoms with van der Waals surface area (Å²) >= 11 is 0. The largest absolute Gasteiger partial charge is 0.507 e. The zero-order chi connectivity index (χ0) is 23.5. The summed E-state index contributed by atoms with van der Waals surface area (Å²) < 4.78 is 27.3. The zero-order valence-corrected chi connectivity index (χ0v) is 19.4. The van der Waals surface area contributed by atoms with Crippen molar-refractivity contribution >= 4 is 21.8 Å². The molecule has 0 spiro atoms. The van der Waals surface area contributed by atoms with Gasteiger partial charge in [-0.2, -0.15) is 4.31 Å². The van der Waals surface area contributed by atoms with Crippen LogP contribution in [-0.2, 0) is 10.0 Å². The first-order valence-corrected chi connectivity index (χ1v) is 12.1. The van der Waals surface area contributed by atoms with E-state index < -0.39 is 10.0 Å². The Morgan fingerprint density at radius 3 is 2.06 bits per heavy atom. The van der Waals surface area contributed by atoms with Crippen molar-refractivity contribution in [3.8, 4) is 5.75 Å². The number of sulfonamides is 1. The molecule has 2 aromatic rings. The average molecular weight is 460 g/mol. The van der Waals surface area contributed by atoms with Gasteiger partial charge in [-0.15, -0.1) is 0 Å². The fourth-order valence-corrected chi connectivity index (χ4v) is 5.54. The predicted molar refractivity (Wildman–Crippen MR) is 121 cm³/mol. The van der Waals surface area contributed by atoms with E-state index in [9.17, 15) is 23.1 Å². The molecule has 0 unspecified atom stereocenters. The number of aryl methyl sites for hydroxylation is 1. The van der Waals surface area contributed by atoms with Crippen molar-refractivity contribution in [2.45, 2.75) is 25.7 Å². The molecule has 32 heavy (non-hydrogen) atoms. The molecule has 1 N–H and O–H groups in total. The number of piperazine rings is 1. The Bertz CT molecular complexity index is 1100. The summed E-state index contributed by atoms with van der Waals surface area (Å²) in [5.74, 6) is -0.619. The van der Waals surface area contributed by atoms with Crippen LogP contribution in [0.3, 0.4) is 0 Å². The second-order valence-corrected chi connectivity index (χ2v) is 9.58. The number of para-hydroxylation sites is 1. The van der Waals surface area contributed by atoms with Gasteiger partial charge in [0.15, 0.2) is 0 Å². The molecular weight excluding hydrogens is 430 g/mol. The van der Waals surface area contributed by atoms with Gasteiger partial charge in [0.25, 0.3) is 11.8 Å². The monoisotopic (exact) mass is 459 g/mol. The van der Waals surface area contributed by atoms with Crippen LogP contribution in [0, 0.1) is 6.92 Å². The Balaban J connectivity index is 1.74. The quantitative estimate of drug-likeness (QED) is 0.715. The highest BCUT2D eigenvalue weighted by Gasteiger charge is 2.29. The lowest BCUT2D eigenvalue weighted by molar-refractivity contribution is 0.0533. The van der Waals surface area contributed by atoms with E-state index in [0.717, 1.165) is 0 Å². The van der Waals surface area contributed by atoms with Crippen LogP contribution in [0.15, 0.2) is 47.4 Å². The Labute approximate surface area is 189 Å². The van der Waals surface area contributed by atoms with E-state index in [1.54, 1.807) is 60.9 Å². The molecule has 2 aromatic carbocycles. The van der Waals surface area contributed by atoms with E-state index in [1.807, 2.05) is 0 Å². The number of phenols is 1. The number of nitrogens with zero attached hydrogens (tertiary/aromatic N) is 3. The van der Waals surface area contributed by atoms with Gasteiger partial charge in [0.2, 0.25) is 10.0 Å². The predicted octanol–water partition coefficient (Wildman–Crippen LogP) is 2.33. The minimum atomic E-state index is -3.69. The Kier molecular flexibility index (Phi) is 7.20. The van der Waals surface area contributed by atoms with Gasteiger partial charge < -0.3 is 14.9 Å². The molecule has 1 fully saturated rings. The number of amides is 2. The molecule has 0 bridgehead atoms. The first-order valence-electron chi connectivity index (χ1n) is 10.7. The van der Waals surface area contributed by atoms with Gasteiger partial charge in [-0.05, 0) is 36.8 Å². The highest BCUT2D eigenvalue weighted by Crippen LogP contribution is 2.23. The molecule has 0 radical (unpaired) electrons. The average Bonchev–Trinajstić information content (AvgIpc) is 2.79. The summed E-state index contributed by atoms with van der Waals surface area (Å²) in [5, 5.41) is 9.92. The molecule has 172 valence electrons. The normalized spacial score (nSPS) is 14.6. The van der Waals surface area contributed by atoms with Crippen LogP contribution in [0.5, 0.6) is 5.75 Å². The maximum absolute atomic E-state index is 13.1. The van der Waals surface area contributed by atoms with Crippen molar-refractivity contribution in [1.82, 2.24) is 14.1 Å². The molecule has 1 aliphatic heterocycles. The number of phenolic OH excluding ortho intramolecular Hbond substituents is 1. The topological polar surface area (TPSA) is 98.2 Å². The molecule has 3 rings (SSSR count). The SMILES string of the molecule is CCN(CC)S(=O)(=O)c1cc(C(=O)N2CCN(C(=O)c3ccccc3O)CC2)ccc1C. The van der Waals surface area contributed by atoms with Crippen LogP contribution >= 0.6 is 0 Å². The van der Waals surface area contributed by atoms with Crippen LogP contribution in [0.25, 0.3) is 0 Å². The van der Waals surface area contributed by atoms with Gasteiger partial charge in [-0.1, -0.05) is 32.0 Å². The highest BCUT2D eigenvalue weighted by molar-refractivity contribution is 7.89. The van der Waals surface area contributed by atoms with E-state index in [0.29, 0.717) is 50.4 Å². The molecule has 2 amide bonds. The molecule has 0 saturated carbocycles. The van der Waals surface area contributed by atoms with Crippen molar-refractivity contribution in [1.29, 1.82) is 0 Å². The van der Waals surface area contributed by atoms with E-state index in [-0.39, 0.29) is 28.0 Å². The van der Waals surface area contributed by atoms with Gasteiger partial charge in [0, 0.05) is 44.8 Å². The number of hydrogen-bond donors (Lipinski definition) is 1. The third-order valence-electron chi connectivity index (χ3n) is 5.75. The molecule has 0 aliphatic carbocycles. The van der Waals surface area contributed by atoms with Crippen LogP contribution in [0.4, 0.5) is 0 Å². The number of aromatic hydroxyl groups is 1. The molecular formula is C23H29N3O5S. The number of carbonyl (C=O) groups excluding carboxylic acids is 2. The van der Waals surface area contributed by atoms with E-state index in [4.69, 9.17) is 0 Å².